The van der Waals surface area contributed by atoms with Crippen molar-refractivity contribution in [3.63, 3.8) is 0 Å². The van der Waals surface area contributed by atoms with Crippen molar-refractivity contribution in [1.82, 2.24) is 9.97 Å². The summed E-state index contributed by atoms with van der Waals surface area (Å²) in [6, 6.07) is 7.36. The van der Waals surface area contributed by atoms with Crippen LogP contribution in [0, 0.1) is 10.8 Å². The van der Waals surface area contributed by atoms with Crippen LogP contribution in [-0.2, 0) is 6.54 Å². The summed E-state index contributed by atoms with van der Waals surface area (Å²) in [5.74, 6) is 1.51. The maximum atomic E-state index is 11.0. The fraction of sp³-hybridized carbons (Fsp3) is 0.444. The number of phenolic OH excluding ortho intramolecular Hbond substituents is 1. The second-order valence-electron chi connectivity index (χ2n) is 6.66. The highest BCUT2D eigenvalue weighted by molar-refractivity contribution is 5.61. The first-order valence-electron chi connectivity index (χ1n) is 8.86. The van der Waals surface area contributed by atoms with Gasteiger partial charge < -0.3 is 21.5 Å². The molecule has 0 bridgehead atoms. The maximum Gasteiger partial charge on any atom is 0.225 e. The molecule has 1 aliphatic carbocycles. The van der Waals surface area contributed by atoms with Gasteiger partial charge in [-0.05, 0) is 42.8 Å². The van der Waals surface area contributed by atoms with E-state index in [1.54, 1.807) is 12.1 Å². The third-order valence-electron chi connectivity index (χ3n) is 4.75. The zero-order valence-corrected chi connectivity index (χ0v) is 14.6. The summed E-state index contributed by atoms with van der Waals surface area (Å²) in [5.41, 5.74) is 6.86. The molecule has 1 heterocycles. The van der Waals surface area contributed by atoms with E-state index in [0.29, 0.717) is 30.3 Å². The summed E-state index contributed by atoms with van der Waals surface area (Å²) in [6.45, 7) is 1.10. The first-order valence-corrected chi connectivity index (χ1v) is 8.86. The molecule has 0 atom stereocenters. The number of nitroso groups, excluding NO2 is 1. The fourth-order valence-electron chi connectivity index (χ4n) is 3.13. The Labute approximate surface area is 152 Å². The highest BCUT2D eigenvalue weighted by atomic mass is 16.3. The molecule has 8 heteroatoms. The normalized spacial score (nSPS) is 19.7. The number of rotatable bonds is 7. The van der Waals surface area contributed by atoms with Crippen molar-refractivity contribution in [1.29, 1.82) is 0 Å². The van der Waals surface area contributed by atoms with E-state index in [-0.39, 0.29) is 11.4 Å². The molecule has 5 N–H and O–H groups in total. The molecule has 138 valence electrons. The smallest absolute Gasteiger partial charge is 0.225 e. The number of aromatic nitrogens is 2. The van der Waals surface area contributed by atoms with Crippen molar-refractivity contribution < 1.29 is 5.11 Å². The first kappa shape index (κ1) is 18.1. The van der Waals surface area contributed by atoms with E-state index < -0.39 is 0 Å². The van der Waals surface area contributed by atoms with E-state index in [9.17, 15) is 10.0 Å². The molecule has 2 aromatic rings. The van der Waals surface area contributed by atoms with E-state index in [1.807, 2.05) is 12.1 Å². The van der Waals surface area contributed by atoms with Crippen LogP contribution in [-0.4, -0.2) is 27.7 Å². The van der Waals surface area contributed by atoms with Crippen molar-refractivity contribution in [3.8, 4) is 5.75 Å². The molecule has 0 amide bonds. The van der Waals surface area contributed by atoms with Crippen LogP contribution in [0.4, 0.5) is 17.5 Å². The van der Waals surface area contributed by atoms with Crippen LogP contribution in [0.1, 0.15) is 31.2 Å². The Balaban J connectivity index is 1.62. The molecule has 0 unspecified atom stereocenters. The molecular weight excluding hydrogens is 332 g/mol. The molecule has 8 nitrogen and oxygen atoms in total. The molecule has 3 rings (SSSR count). The lowest BCUT2D eigenvalue weighted by atomic mass is 9.86. The predicted octanol–water partition coefficient (Wildman–Crippen LogP) is 3.12. The molecule has 1 saturated carbocycles. The van der Waals surface area contributed by atoms with Crippen LogP contribution in [0.3, 0.4) is 0 Å². The number of nitrogens with one attached hydrogen (secondary N) is 2. The van der Waals surface area contributed by atoms with Crippen molar-refractivity contribution in [2.45, 2.75) is 38.3 Å². The van der Waals surface area contributed by atoms with E-state index in [1.165, 1.54) is 6.20 Å². The second kappa shape index (κ2) is 8.57. The Morgan fingerprint density at radius 3 is 2.69 bits per heavy atom. The minimum absolute atomic E-state index is 0.186. The summed E-state index contributed by atoms with van der Waals surface area (Å²) in [4.78, 5) is 19.5. The van der Waals surface area contributed by atoms with Crippen LogP contribution in [0.5, 0.6) is 5.75 Å². The van der Waals surface area contributed by atoms with Gasteiger partial charge in [0.1, 0.15) is 5.75 Å². The lowest BCUT2D eigenvalue weighted by Crippen LogP contribution is -2.29. The van der Waals surface area contributed by atoms with Crippen LogP contribution in [0.15, 0.2) is 35.6 Å². The van der Waals surface area contributed by atoms with Crippen molar-refractivity contribution in [2.75, 3.05) is 17.2 Å². The summed E-state index contributed by atoms with van der Waals surface area (Å²) in [5, 5.41) is 19.1. The lowest BCUT2D eigenvalue weighted by Gasteiger charge is -2.26. The second-order valence-corrected chi connectivity index (χ2v) is 6.66. The lowest BCUT2D eigenvalue weighted by molar-refractivity contribution is 0.338. The SMILES string of the molecule is NC1CCC(CNc2nc(NCc3ccccc3O)ncc2N=O)CC1. The Morgan fingerprint density at radius 1 is 1.19 bits per heavy atom. The number of hydrogen-bond acceptors (Lipinski definition) is 8. The molecule has 1 aromatic carbocycles. The van der Waals surface area contributed by atoms with Crippen LogP contribution in [0.25, 0.3) is 0 Å². The molecule has 1 aromatic heterocycles. The standard InChI is InChI=1S/C18H24N6O2/c19-14-7-5-12(6-8-14)9-20-17-15(24-26)11-22-18(23-17)21-10-13-3-1-2-4-16(13)25/h1-4,11-12,14,25H,5-10,19H2,(H2,20,21,22,23). The largest absolute Gasteiger partial charge is 0.508 e. The van der Waals surface area contributed by atoms with Gasteiger partial charge in [-0.25, -0.2) is 4.98 Å². The number of nitrogens with zero attached hydrogens (tertiary/aromatic N) is 3. The zero-order valence-electron chi connectivity index (χ0n) is 14.6. The van der Waals surface area contributed by atoms with E-state index in [0.717, 1.165) is 37.8 Å². The molecule has 0 radical (unpaired) electrons. The van der Waals surface area contributed by atoms with Gasteiger partial charge in [-0.2, -0.15) is 4.98 Å². The van der Waals surface area contributed by atoms with Gasteiger partial charge in [0.05, 0.1) is 6.20 Å². The summed E-state index contributed by atoms with van der Waals surface area (Å²) >= 11 is 0. The Morgan fingerprint density at radius 2 is 1.96 bits per heavy atom. The molecule has 0 spiro atoms. The van der Waals surface area contributed by atoms with Crippen molar-refractivity contribution >= 4 is 17.5 Å². The summed E-state index contributed by atoms with van der Waals surface area (Å²) < 4.78 is 0. The predicted molar refractivity (Wildman–Crippen MR) is 101 cm³/mol. The number of anilines is 2. The van der Waals surface area contributed by atoms with Gasteiger partial charge >= 0.3 is 0 Å². The highest BCUT2D eigenvalue weighted by Gasteiger charge is 2.19. The van der Waals surface area contributed by atoms with Gasteiger partial charge in [-0.1, -0.05) is 18.2 Å². The Kier molecular flexibility index (Phi) is 5.96. The van der Waals surface area contributed by atoms with Crippen LogP contribution >= 0.6 is 0 Å². The number of aromatic hydroxyl groups is 1. The van der Waals surface area contributed by atoms with Crippen molar-refractivity contribution in [2.24, 2.45) is 16.8 Å². The number of hydrogen-bond donors (Lipinski definition) is 4. The molecule has 1 fully saturated rings. The van der Waals surface area contributed by atoms with Gasteiger partial charge in [0.2, 0.25) is 5.95 Å². The number of para-hydroxylation sites is 1. The number of nitrogens with two attached hydrogens (primary N) is 1. The third kappa shape index (κ3) is 4.66. The van der Waals surface area contributed by atoms with Crippen LogP contribution < -0.4 is 16.4 Å². The third-order valence-corrected chi connectivity index (χ3v) is 4.75. The monoisotopic (exact) mass is 356 g/mol. The van der Waals surface area contributed by atoms with E-state index in [4.69, 9.17) is 5.73 Å². The molecule has 0 saturated heterocycles. The quantitative estimate of drug-likeness (QED) is 0.562. The average Bonchev–Trinajstić information content (AvgIpc) is 2.67. The van der Waals surface area contributed by atoms with Gasteiger partial charge in [-0.3, -0.25) is 0 Å². The average molecular weight is 356 g/mol. The zero-order chi connectivity index (χ0) is 18.4. The Bertz CT molecular complexity index is 746. The van der Waals surface area contributed by atoms with Gasteiger partial charge in [-0.15, -0.1) is 4.91 Å². The highest BCUT2D eigenvalue weighted by Crippen LogP contribution is 2.27. The topological polar surface area (TPSA) is 126 Å². The summed E-state index contributed by atoms with van der Waals surface area (Å²) in [7, 11) is 0. The number of benzene rings is 1. The molecule has 1 aliphatic rings. The Hall–Kier alpha value is -2.74. The van der Waals surface area contributed by atoms with Gasteiger partial charge in [0.15, 0.2) is 11.5 Å². The molecule has 26 heavy (non-hydrogen) atoms. The minimum atomic E-state index is 0.186. The fourth-order valence-corrected chi connectivity index (χ4v) is 3.13. The van der Waals surface area contributed by atoms with E-state index >= 15 is 0 Å². The van der Waals surface area contributed by atoms with E-state index in [2.05, 4.69) is 25.8 Å². The van der Waals surface area contributed by atoms with Crippen LogP contribution in [0.2, 0.25) is 0 Å². The first-order chi connectivity index (χ1) is 12.7. The van der Waals surface area contributed by atoms with Gasteiger partial charge in [0, 0.05) is 24.7 Å². The molecule has 0 aliphatic heterocycles. The maximum absolute atomic E-state index is 11.0. The van der Waals surface area contributed by atoms with Crippen molar-refractivity contribution in [3.05, 3.63) is 40.9 Å². The van der Waals surface area contributed by atoms with Gasteiger partial charge in [0.25, 0.3) is 0 Å². The minimum Gasteiger partial charge on any atom is -0.508 e. The summed E-state index contributed by atoms with van der Waals surface area (Å²) in [6.07, 6.45) is 5.60. The molecular formula is C18H24N6O2. The number of phenols is 1.